The van der Waals surface area contributed by atoms with Crippen molar-refractivity contribution >= 4 is 0 Å². The lowest BCUT2D eigenvalue weighted by Gasteiger charge is -2.07. The van der Waals surface area contributed by atoms with Crippen LogP contribution in [-0.2, 0) is 0 Å². The van der Waals surface area contributed by atoms with E-state index in [-0.39, 0.29) is 0 Å². The van der Waals surface area contributed by atoms with Gasteiger partial charge in [0.15, 0.2) is 0 Å². The third kappa shape index (κ3) is 24.9. The summed E-state index contributed by atoms with van der Waals surface area (Å²) in [5.41, 5.74) is 0. The zero-order valence-electron chi connectivity index (χ0n) is 12.6. The molecule has 0 heterocycles. The molecule has 0 bridgehead atoms. The minimum absolute atomic E-state index is 0.949. The Balaban J connectivity index is -0.000000166. The van der Waals surface area contributed by atoms with Crippen LogP contribution < -0.4 is 0 Å². The first-order valence-corrected chi connectivity index (χ1v) is 6.80. The average molecular weight is 217 g/mol. The summed E-state index contributed by atoms with van der Waals surface area (Å²) in [7, 11) is 2.11. The molecular weight excluding hydrogens is 182 g/mol. The van der Waals surface area contributed by atoms with Gasteiger partial charge in [-0.05, 0) is 26.1 Å². The van der Waals surface area contributed by atoms with Gasteiger partial charge in [-0.1, -0.05) is 67.7 Å². The van der Waals surface area contributed by atoms with Crippen molar-refractivity contribution in [3.05, 3.63) is 0 Å². The molecule has 0 aliphatic carbocycles. The van der Waals surface area contributed by atoms with Crippen molar-refractivity contribution < 1.29 is 0 Å². The number of hydrogen-bond acceptors (Lipinski definition) is 1. The Morgan fingerprint density at radius 3 is 1.40 bits per heavy atom. The smallest absolute Gasteiger partial charge is 0.00504 e. The molecule has 1 nitrogen and oxygen atoms in total. The van der Waals surface area contributed by atoms with Crippen LogP contribution in [0, 0.1) is 5.92 Å². The first kappa shape index (κ1) is 20.4. The Labute approximate surface area is 99.3 Å². The number of hydrogen-bond donors (Lipinski definition) is 0. The molecule has 15 heavy (non-hydrogen) atoms. The molecule has 0 saturated heterocycles. The van der Waals surface area contributed by atoms with Crippen molar-refractivity contribution in [1.29, 1.82) is 0 Å². The van der Waals surface area contributed by atoms with Gasteiger partial charge in [0.2, 0.25) is 0 Å². The van der Waals surface area contributed by atoms with Gasteiger partial charge in [0.05, 0.1) is 0 Å². The average Bonchev–Trinajstić information content (AvgIpc) is 2.31. The van der Waals surface area contributed by atoms with E-state index < -0.39 is 0 Å². The van der Waals surface area contributed by atoms with Crippen LogP contribution in [0.2, 0.25) is 0 Å². The van der Waals surface area contributed by atoms with Crippen LogP contribution in [0.4, 0.5) is 0 Å². The predicted molar refractivity (Wildman–Crippen MR) is 74.6 cm³/mol. The van der Waals surface area contributed by atoms with Gasteiger partial charge in [-0.3, -0.25) is 0 Å². The third-order valence-electron chi connectivity index (χ3n) is 2.56. The van der Waals surface area contributed by atoms with Crippen molar-refractivity contribution in [3.8, 4) is 0 Å². The van der Waals surface area contributed by atoms with Gasteiger partial charge in [-0.2, -0.15) is 0 Å². The van der Waals surface area contributed by atoms with Gasteiger partial charge < -0.3 is 4.90 Å². The summed E-state index contributed by atoms with van der Waals surface area (Å²) in [6.45, 7) is 17.4. The van der Waals surface area contributed by atoms with Gasteiger partial charge >= 0.3 is 0 Å². The van der Waals surface area contributed by atoms with E-state index in [1.165, 1.54) is 19.3 Å². The molecule has 0 saturated carbocycles. The van der Waals surface area contributed by atoms with Crippen molar-refractivity contribution in [2.75, 3.05) is 20.1 Å². The summed E-state index contributed by atoms with van der Waals surface area (Å²) < 4.78 is 0. The van der Waals surface area contributed by atoms with E-state index in [1.807, 2.05) is 13.8 Å². The number of rotatable bonds is 5. The van der Waals surface area contributed by atoms with Crippen LogP contribution >= 0.6 is 0 Å². The fraction of sp³-hybridized carbons (Fsp3) is 1.00. The summed E-state index contributed by atoms with van der Waals surface area (Å²) >= 11 is 0. The van der Waals surface area contributed by atoms with Crippen LogP contribution in [0.25, 0.3) is 0 Å². The van der Waals surface area contributed by atoms with Gasteiger partial charge in [0.25, 0.3) is 0 Å². The van der Waals surface area contributed by atoms with Gasteiger partial charge in [0.1, 0.15) is 0 Å². The third-order valence-corrected chi connectivity index (χ3v) is 2.56. The maximum Gasteiger partial charge on any atom is -0.00504 e. The van der Waals surface area contributed by atoms with Crippen LogP contribution in [0.1, 0.15) is 67.7 Å². The monoisotopic (exact) mass is 217 g/mol. The Kier molecular flexibility index (Phi) is 26.5. The Hall–Kier alpha value is -0.0400. The molecule has 1 heteroatoms. The lowest BCUT2D eigenvalue weighted by Crippen LogP contribution is -2.15. The molecule has 0 rings (SSSR count). The minimum atomic E-state index is 0.949. The molecule has 0 aromatic heterocycles. The summed E-state index contributed by atoms with van der Waals surface area (Å²) in [6, 6.07) is 0. The predicted octanol–water partition coefficient (Wildman–Crippen LogP) is 4.82. The molecule has 0 aromatic carbocycles. The topological polar surface area (TPSA) is 3.24 Å². The Bertz CT molecular complexity index is 77.4. The summed E-state index contributed by atoms with van der Waals surface area (Å²) in [4.78, 5) is 2.25. The Morgan fingerprint density at radius 1 is 0.933 bits per heavy atom. The molecule has 0 spiro atoms. The highest BCUT2D eigenvalue weighted by Crippen LogP contribution is 2.07. The molecule has 0 N–H and O–H groups in total. The Morgan fingerprint density at radius 2 is 1.33 bits per heavy atom. The molecular formula is C14H35N. The molecule has 96 valence electrons. The van der Waals surface area contributed by atoms with Crippen molar-refractivity contribution in [3.63, 3.8) is 0 Å². The van der Waals surface area contributed by atoms with E-state index in [4.69, 9.17) is 0 Å². The second-order valence-corrected chi connectivity index (χ2v) is 3.79. The van der Waals surface area contributed by atoms with E-state index in [2.05, 4.69) is 46.6 Å². The molecule has 1 unspecified atom stereocenters. The van der Waals surface area contributed by atoms with Crippen molar-refractivity contribution in [2.45, 2.75) is 67.7 Å². The molecule has 0 fully saturated rings. The first-order chi connectivity index (χ1) is 7.12. The lowest BCUT2D eigenvalue weighted by atomic mass is 10.0. The lowest BCUT2D eigenvalue weighted by molar-refractivity contribution is 0.373. The molecule has 0 aromatic rings. The van der Waals surface area contributed by atoms with Gasteiger partial charge in [-0.25, -0.2) is 0 Å². The first-order valence-electron chi connectivity index (χ1n) is 6.80. The molecule has 0 aliphatic rings. The highest BCUT2D eigenvalue weighted by atomic mass is 15.1. The molecule has 1 atom stereocenters. The fourth-order valence-electron chi connectivity index (χ4n) is 0.921. The maximum atomic E-state index is 2.31. The van der Waals surface area contributed by atoms with Crippen LogP contribution in [-0.4, -0.2) is 25.0 Å². The van der Waals surface area contributed by atoms with E-state index >= 15 is 0 Å². The molecule has 0 aliphatic heterocycles. The standard InChI is InChI=1S/C7H16.C5H13N.C2H6/c1-4-6-7(3)5-2;1-4-6(3)5-2;1-2/h7H,4-6H2,1-3H3;4-5H2,1-3H3;1-2H3. The van der Waals surface area contributed by atoms with E-state index in [1.54, 1.807) is 0 Å². The second-order valence-electron chi connectivity index (χ2n) is 3.79. The summed E-state index contributed by atoms with van der Waals surface area (Å²) in [5.74, 6) is 0.949. The summed E-state index contributed by atoms with van der Waals surface area (Å²) in [5, 5.41) is 0. The molecule has 0 amide bonds. The van der Waals surface area contributed by atoms with Crippen LogP contribution in [0.3, 0.4) is 0 Å². The zero-order valence-corrected chi connectivity index (χ0v) is 12.6. The largest absolute Gasteiger partial charge is 0.307 e. The van der Waals surface area contributed by atoms with E-state index in [0.29, 0.717) is 0 Å². The minimum Gasteiger partial charge on any atom is -0.307 e. The second kappa shape index (κ2) is 19.5. The fourth-order valence-corrected chi connectivity index (χ4v) is 0.921. The number of nitrogens with zero attached hydrogens (tertiary/aromatic N) is 1. The highest BCUT2D eigenvalue weighted by molar-refractivity contribution is 4.45. The van der Waals surface area contributed by atoms with E-state index in [9.17, 15) is 0 Å². The van der Waals surface area contributed by atoms with Crippen LogP contribution in [0.15, 0.2) is 0 Å². The maximum absolute atomic E-state index is 2.31. The highest BCUT2D eigenvalue weighted by Gasteiger charge is 1.92. The SMILES string of the molecule is CC.CCCC(C)CC.CCN(C)CC. The van der Waals surface area contributed by atoms with Gasteiger partial charge in [-0.15, -0.1) is 0 Å². The zero-order chi connectivity index (χ0) is 12.7. The van der Waals surface area contributed by atoms with Crippen molar-refractivity contribution in [2.24, 2.45) is 5.92 Å². The van der Waals surface area contributed by atoms with Crippen LogP contribution in [0.5, 0.6) is 0 Å². The van der Waals surface area contributed by atoms with Gasteiger partial charge in [0, 0.05) is 0 Å². The summed E-state index contributed by atoms with van der Waals surface area (Å²) in [6.07, 6.45) is 4.08. The normalized spacial score (nSPS) is 11.0. The van der Waals surface area contributed by atoms with Crippen molar-refractivity contribution in [1.82, 2.24) is 4.90 Å². The van der Waals surface area contributed by atoms with E-state index in [0.717, 1.165) is 19.0 Å². The quantitative estimate of drug-likeness (QED) is 0.638. The molecule has 0 radical (unpaired) electrons.